The van der Waals surface area contributed by atoms with Gasteiger partial charge in [0.05, 0.1) is 36.3 Å². The van der Waals surface area contributed by atoms with Gasteiger partial charge in [0.2, 0.25) is 0 Å². The second-order valence-corrected chi connectivity index (χ2v) is 9.39. The molecule has 1 atom stereocenters. The molecule has 1 unspecified atom stereocenters. The molecule has 9 nitrogen and oxygen atoms in total. The van der Waals surface area contributed by atoms with Crippen molar-refractivity contribution in [3.63, 3.8) is 0 Å². The van der Waals surface area contributed by atoms with Crippen LogP contribution in [0.3, 0.4) is 0 Å². The van der Waals surface area contributed by atoms with Crippen molar-refractivity contribution >= 4 is 39.1 Å². The number of hydrogen-bond donors (Lipinski definition) is 1. The molecule has 0 fully saturated rings. The number of carbonyl (C=O) groups excluding carboxylic acids is 1. The lowest BCUT2D eigenvalue weighted by Gasteiger charge is -2.27. The molecule has 0 saturated heterocycles. The van der Waals surface area contributed by atoms with Crippen LogP contribution in [0.15, 0.2) is 81.1 Å². The normalized spacial score (nSPS) is 15.4. The van der Waals surface area contributed by atoms with Crippen LogP contribution in [0.25, 0.3) is 11.4 Å². The fourth-order valence-corrected chi connectivity index (χ4v) is 4.89. The van der Waals surface area contributed by atoms with Gasteiger partial charge in [0.1, 0.15) is 17.6 Å². The number of amidine groups is 1. The molecular formula is C24H19BrFN7O2S. The Bertz CT molecular complexity index is 1450. The summed E-state index contributed by atoms with van der Waals surface area (Å²) in [6, 6.07) is 9.04. The molecule has 0 amide bonds. The summed E-state index contributed by atoms with van der Waals surface area (Å²) in [6.45, 7) is 2.09. The zero-order chi connectivity index (χ0) is 25.1. The lowest BCUT2D eigenvalue weighted by atomic mass is 9.95. The minimum absolute atomic E-state index is 0.174. The number of aliphatic imine (C=N–C) groups is 1. The Kier molecular flexibility index (Phi) is 6.96. The van der Waals surface area contributed by atoms with Crippen molar-refractivity contribution in [3.8, 4) is 11.4 Å². The molecule has 1 aliphatic rings. The van der Waals surface area contributed by atoms with E-state index in [4.69, 9.17) is 9.73 Å². The zero-order valence-corrected chi connectivity index (χ0v) is 21.3. The van der Waals surface area contributed by atoms with Gasteiger partial charge in [-0.2, -0.15) is 0 Å². The number of nitrogens with one attached hydrogen (secondary N) is 1. The monoisotopic (exact) mass is 567 g/mol. The van der Waals surface area contributed by atoms with E-state index in [9.17, 15) is 9.18 Å². The Morgan fingerprint density at radius 1 is 1.22 bits per heavy atom. The number of allylic oxidation sites excluding steroid dienone is 1. The van der Waals surface area contributed by atoms with E-state index in [1.54, 1.807) is 36.3 Å². The topological polar surface area (TPSA) is 107 Å². The first-order valence-electron chi connectivity index (χ1n) is 10.9. The van der Waals surface area contributed by atoms with Crippen LogP contribution in [-0.4, -0.2) is 43.4 Å². The molecule has 3 aromatic heterocycles. The quantitative estimate of drug-likeness (QED) is 0.331. The smallest absolute Gasteiger partial charge is 0.338 e. The lowest BCUT2D eigenvalue weighted by molar-refractivity contribution is -0.139. The standard InChI is InChI=1S/C24H19BrFN7O2S/c1-2-35-24(34)20-19(13-33-12-18(31-32-33)17-5-3-4-8-27-17)29-22(23-28-9-10-36-23)30-21(20)15-7-6-14(26)11-16(15)25/h3-12,21H,2,13H2,1H3,(H,29,30). The number of hydrogen-bond acceptors (Lipinski definition) is 9. The summed E-state index contributed by atoms with van der Waals surface area (Å²) in [5.74, 6) is -0.456. The highest BCUT2D eigenvalue weighted by molar-refractivity contribution is 9.10. The van der Waals surface area contributed by atoms with Crippen molar-refractivity contribution in [2.45, 2.75) is 19.5 Å². The number of rotatable bonds is 7. The molecule has 0 bridgehead atoms. The van der Waals surface area contributed by atoms with Crippen LogP contribution in [0.1, 0.15) is 23.5 Å². The van der Waals surface area contributed by atoms with E-state index >= 15 is 0 Å². The maximum atomic E-state index is 13.9. The molecule has 0 aliphatic carbocycles. The molecule has 0 saturated carbocycles. The van der Waals surface area contributed by atoms with Gasteiger partial charge in [-0.1, -0.05) is 33.3 Å². The number of carbonyl (C=O) groups is 1. The summed E-state index contributed by atoms with van der Waals surface area (Å²) in [5.41, 5.74) is 2.70. The molecule has 1 aromatic carbocycles. The van der Waals surface area contributed by atoms with Crippen molar-refractivity contribution < 1.29 is 13.9 Å². The van der Waals surface area contributed by atoms with Gasteiger partial charge in [0.15, 0.2) is 10.8 Å². The van der Waals surface area contributed by atoms with Gasteiger partial charge in [0.25, 0.3) is 0 Å². The van der Waals surface area contributed by atoms with E-state index in [1.165, 1.54) is 23.5 Å². The fourth-order valence-electron chi connectivity index (χ4n) is 3.74. The second kappa shape index (κ2) is 10.5. The van der Waals surface area contributed by atoms with Crippen molar-refractivity contribution in [2.24, 2.45) is 4.99 Å². The van der Waals surface area contributed by atoms with Gasteiger partial charge in [-0.05, 0) is 36.8 Å². The third-order valence-electron chi connectivity index (χ3n) is 5.30. The van der Waals surface area contributed by atoms with Crippen LogP contribution in [0.4, 0.5) is 4.39 Å². The predicted molar refractivity (Wildman–Crippen MR) is 136 cm³/mol. The Morgan fingerprint density at radius 2 is 2.11 bits per heavy atom. The van der Waals surface area contributed by atoms with Crippen molar-refractivity contribution in [2.75, 3.05) is 6.61 Å². The van der Waals surface area contributed by atoms with Gasteiger partial charge in [0, 0.05) is 22.2 Å². The molecular weight excluding hydrogens is 549 g/mol. The Labute approximate surface area is 217 Å². The van der Waals surface area contributed by atoms with Gasteiger partial charge < -0.3 is 10.1 Å². The van der Waals surface area contributed by atoms with Crippen LogP contribution in [0, 0.1) is 5.82 Å². The minimum Gasteiger partial charge on any atom is -0.463 e. The van der Waals surface area contributed by atoms with Crippen LogP contribution >= 0.6 is 27.3 Å². The maximum absolute atomic E-state index is 13.9. The third kappa shape index (κ3) is 4.95. The van der Waals surface area contributed by atoms with Gasteiger partial charge in [-0.25, -0.2) is 18.9 Å². The molecule has 0 radical (unpaired) electrons. The Morgan fingerprint density at radius 3 is 2.83 bits per heavy atom. The first-order chi connectivity index (χ1) is 17.5. The molecule has 4 heterocycles. The van der Waals surface area contributed by atoms with E-state index in [2.05, 4.69) is 41.5 Å². The second-order valence-electron chi connectivity index (χ2n) is 7.64. The summed E-state index contributed by atoms with van der Waals surface area (Å²) < 4.78 is 21.4. The Balaban J connectivity index is 1.60. The lowest BCUT2D eigenvalue weighted by Crippen LogP contribution is -2.35. The number of ether oxygens (including phenoxy) is 1. The molecule has 12 heteroatoms. The van der Waals surface area contributed by atoms with E-state index < -0.39 is 17.8 Å². The van der Waals surface area contributed by atoms with Gasteiger partial charge >= 0.3 is 5.97 Å². The number of pyridine rings is 1. The highest BCUT2D eigenvalue weighted by atomic mass is 79.9. The van der Waals surface area contributed by atoms with Crippen molar-refractivity contribution in [1.29, 1.82) is 0 Å². The molecule has 36 heavy (non-hydrogen) atoms. The number of nitrogens with zero attached hydrogens (tertiary/aromatic N) is 6. The van der Waals surface area contributed by atoms with E-state index in [-0.39, 0.29) is 13.2 Å². The SMILES string of the molecule is CCOC(=O)C1=C(Cn2cc(-c3ccccn3)nn2)NC(c2nccs2)=NC1c1ccc(F)cc1Br. The van der Waals surface area contributed by atoms with E-state index in [0.29, 0.717) is 43.5 Å². The molecule has 1 aliphatic heterocycles. The summed E-state index contributed by atoms with van der Waals surface area (Å²) in [5, 5.41) is 14.2. The maximum Gasteiger partial charge on any atom is 0.338 e. The van der Waals surface area contributed by atoms with E-state index in [1.807, 2.05) is 23.6 Å². The van der Waals surface area contributed by atoms with Crippen LogP contribution in [-0.2, 0) is 16.1 Å². The van der Waals surface area contributed by atoms with Crippen LogP contribution in [0.2, 0.25) is 0 Å². The number of halogens is 2. The molecule has 1 N–H and O–H groups in total. The highest BCUT2D eigenvalue weighted by Crippen LogP contribution is 2.37. The zero-order valence-electron chi connectivity index (χ0n) is 18.9. The van der Waals surface area contributed by atoms with E-state index in [0.717, 1.165) is 0 Å². The highest BCUT2D eigenvalue weighted by Gasteiger charge is 2.34. The number of esters is 1. The molecule has 4 aromatic rings. The van der Waals surface area contributed by atoms with Gasteiger partial charge in [-0.3, -0.25) is 9.98 Å². The van der Waals surface area contributed by atoms with Gasteiger partial charge in [-0.15, -0.1) is 16.4 Å². The summed E-state index contributed by atoms with van der Waals surface area (Å²) in [4.78, 5) is 26.7. The molecule has 5 rings (SSSR count). The van der Waals surface area contributed by atoms with Crippen molar-refractivity contribution in [3.05, 3.63) is 92.5 Å². The van der Waals surface area contributed by atoms with Crippen LogP contribution < -0.4 is 5.32 Å². The third-order valence-corrected chi connectivity index (χ3v) is 6.77. The number of aromatic nitrogens is 5. The Hall–Kier alpha value is -3.77. The number of thiazole rings is 1. The largest absolute Gasteiger partial charge is 0.463 e. The molecule has 182 valence electrons. The summed E-state index contributed by atoms with van der Waals surface area (Å²) in [6.07, 6.45) is 5.10. The first kappa shape index (κ1) is 23.9. The summed E-state index contributed by atoms with van der Waals surface area (Å²) in [7, 11) is 0. The number of benzene rings is 1. The first-order valence-corrected chi connectivity index (χ1v) is 12.6. The predicted octanol–water partition coefficient (Wildman–Crippen LogP) is 4.31. The van der Waals surface area contributed by atoms with Crippen LogP contribution in [0.5, 0.6) is 0 Å². The minimum atomic E-state index is -0.770. The van der Waals surface area contributed by atoms with Crippen molar-refractivity contribution in [1.82, 2.24) is 30.3 Å². The average Bonchev–Trinajstić information content (AvgIpc) is 3.57. The summed E-state index contributed by atoms with van der Waals surface area (Å²) >= 11 is 4.84. The fraction of sp³-hybridized carbons (Fsp3) is 0.167. The molecule has 0 spiro atoms. The average molecular weight is 568 g/mol.